The van der Waals surface area contributed by atoms with Crippen molar-refractivity contribution in [3.63, 3.8) is 0 Å². The van der Waals surface area contributed by atoms with Crippen LogP contribution in [0.5, 0.6) is 0 Å². The first-order valence-corrected chi connectivity index (χ1v) is 7.04. The number of carbonyl (C=O) groups excluding carboxylic acids is 1. The third-order valence-electron chi connectivity index (χ3n) is 3.02. The van der Waals surface area contributed by atoms with Crippen LogP contribution in [0.25, 0.3) is 0 Å². The van der Waals surface area contributed by atoms with Gasteiger partial charge >= 0.3 is 5.97 Å². The fourth-order valence-corrected chi connectivity index (χ4v) is 1.90. The summed E-state index contributed by atoms with van der Waals surface area (Å²) >= 11 is 0. The van der Waals surface area contributed by atoms with Crippen molar-refractivity contribution in [1.29, 1.82) is 0 Å². The minimum absolute atomic E-state index is 0.169. The smallest absolute Gasteiger partial charge is 0.338 e. The van der Waals surface area contributed by atoms with E-state index in [2.05, 4.69) is 13.8 Å². The minimum Gasteiger partial charge on any atom is -0.462 e. The molecule has 1 rings (SSSR count). The van der Waals surface area contributed by atoms with Gasteiger partial charge in [-0.25, -0.2) is 4.79 Å². The van der Waals surface area contributed by atoms with Gasteiger partial charge in [-0.2, -0.15) is 0 Å². The number of aryl methyl sites for hydroxylation is 1. The van der Waals surface area contributed by atoms with E-state index in [1.54, 1.807) is 0 Å². The average molecular weight is 248 g/mol. The Kier molecular flexibility index (Phi) is 7.16. The standard InChI is InChI=1S/C16H24O2/c1-3-5-9-13-18-16(17)15-12-8-7-11-14(15)10-6-4-2/h7-8,11-12H,3-6,9-10,13H2,1-2H3. The molecular weight excluding hydrogens is 224 g/mol. The Labute approximate surface area is 110 Å². The fourth-order valence-electron chi connectivity index (χ4n) is 1.90. The highest BCUT2D eigenvalue weighted by molar-refractivity contribution is 5.91. The van der Waals surface area contributed by atoms with Crippen LogP contribution in [-0.2, 0) is 11.2 Å². The number of hydrogen-bond donors (Lipinski definition) is 0. The van der Waals surface area contributed by atoms with E-state index in [-0.39, 0.29) is 5.97 Å². The number of esters is 1. The Bertz CT molecular complexity index is 358. The highest BCUT2D eigenvalue weighted by atomic mass is 16.5. The van der Waals surface area contributed by atoms with Crippen molar-refractivity contribution < 1.29 is 9.53 Å². The lowest BCUT2D eigenvalue weighted by atomic mass is 10.0. The zero-order chi connectivity index (χ0) is 13.2. The van der Waals surface area contributed by atoms with Gasteiger partial charge in [0.1, 0.15) is 0 Å². The quantitative estimate of drug-likeness (QED) is 0.504. The van der Waals surface area contributed by atoms with Crippen molar-refractivity contribution in [2.75, 3.05) is 6.61 Å². The van der Waals surface area contributed by atoms with E-state index in [1.807, 2.05) is 24.3 Å². The first-order chi connectivity index (χ1) is 8.79. The summed E-state index contributed by atoms with van der Waals surface area (Å²) in [6.07, 6.45) is 6.42. The van der Waals surface area contributed by atoms with Crippen LogP contribution in [-0.4, -0.2) is 12.6 Å². The number of ether oxygens (including phenoxy) is 1. The molecule has 0 spiro atoms. The lowest BCUT2D eigenvalue weighted by molar-refractivity contribution is 0.0497. The molecule has 0 amide bonds. The van der Waals surface area contributed by atoms with Crippen LogP contribution in [0.2, 0.25) is 0 Å². The summed E-state index contributed by atoms with van der Waals surface area (Å²) in [6.45, 7) is 4.84. The Morgan fingerprint density at radius 1 is 1.06 bits per heavy atom. The first-order valence-electron chi connectivity index (χ1n) is 7.04. The van der Waals surface area contributed by atoms with Gasteiger partial charge in [-0.15, -0.1) is 0 Å². The van der Waals surface area contributed by atoms with Crippen LogP contribution in [0.1, 0.15) is 61.9 Å². The molecular formula is C16H24O2. The normalized spacial score (nSPS) is 10.3. The summed E-state index contributed by atoms with van der Waals surface area (Å²) in [6, 6.07) is 7.78. The predicted octanol–water partition coefficient (Wildman–Crippen LogP) is 4.38. The van der Waals surface area contributed by atoms with Crippen LogP contribution < -0.4 is 0 Å². The van der Waals surface area contributed by atoms with E-state index in [9.17, 15) is 4.79 Å². The van der Waals surface area contributed by atoms with Crippen molar-refractivity contribution in [3.05, 3.63) is 35.4 Å². The molecule has 1 aromatic rings. The molecule has 0 radical (unpaired) electrons. The third-order valence-corrected chi connectivity index (χ3v) is 3.02. The second-order valence-electron chi connectivity index (χ2n) is 4.60. The molecule has 0 aromatic heterocycles. The molecule has 0 saturated carbocycles. The molecule has 2 heteroatoms. The summed E-state index contributed by atoms with van der Waals surface area (Å²) in [5.41, 5.74) is 1.85. The molecule has 2 nitrogen and oxygen atoms in total. The summed E-state index contributed by atoms with van der Waals surface area (Å²) in [4.78, 5) is 12.0. The zero-order valence-electron chi connectivity index (χ0n) is 11.6. The van der Waals surface area contributed by atoms with Crippen LogP contribution in [0.15, 0.2) is 24.3 Å². The summed E-state index contributed by atoms with van der Waals surface area (Å²) in [5.74, 6) is -0.169. The Balaban J connectivity index is 2.55. The van der Waals surface area contributed by atoms with E-state index in [4.69, 9.17) is 4.74 Å². The zero-order valence-corrected chi connectivity index (χ0v) is 11.6. The maximum Gasteiger partial charge on any atom is 0.338 e. The second kappa shape index (κ2) is 8.73. The molecule has 18 heavy (non-hydrogen) atoms. The van der Waals surface area contributed by atoms with Gasteiger partial charge in [0.05, 0.1) is 12.2 Å². The monoisotopic (exact) mass is 248 g/mol. The number of unbranched alkanes of at least 4 members (excludes halogenated alkanes) is 3. The van der Waals surface area contributed by atoms with Crippen molar-refractivity contribution in [2.24, 2.45) is 0 Å². The Morgan fingerprint density at radius 3 is 2.50 bits per heavy atom. The number of hydrogen-bond acceptors (Lipinski definition) is 2. The van der Waals surface area contributed by atoms with E-state index in [0.717, 1.165) is 49.7 Å². The lowest BCUT2D eigenvalue weighted by Crippen LogP contribution is -2.09. The summed E-state index contributed by atoms with van der Waals surface area (Å²) in [7, 11) is 0. The number of rotatable bonds is 8. The number of carbonyl (C=O) groups is 1. The van der Waals surface area contributed by atoms with Gasteiger partial charge in [0.15, 0.2) is 0 Å². The highest BCUT2D eigenvalue weighted by Crippen LogP contribution is 2.13. The third kappa shape index (κ3) is 4.91. The van der Waals surface area contributed by atoms with Crippen LogP contribution >= 0.6 is 0 Å². The maximum absolute atomic E-state index is 12.0. The summed E-state index contributed by atoms with van der Waals surface area (Å²) in [5, 5.41) is 0. The predicted molar refractivity (Wildman–Crippen MR) is 74.9 cm³/mol. The van der Waals surface area contributed by atoms with Gasteiger partial charge in [-0.05, 0) is 30.9 Å². The lowest BCUT2D eigenvalue weighted by Gasteiger charge is -2.09. The van der Waals surface area contributed by atoms with Crippen LogP contribution in [0.3, 0.4) is 0 Å². The molecule has 0 heterocycles. The van der Waals surface area contributed by atoms with Crippen LogP contribution in [0, 0.1) is 0 Å². The molecule has 0 bridgehead atoms. The number of benzene rings is 1. The molecule has 0 saturated heterocycles. The molecule has 0 N–H and O–H groups in total. The van der Waals surface area contributed by atoms with Gasteiger partial charge in [0.2, 0.25) is 0 Å². The topological polar surface area (TPSA) is 26.3 Å². The fraction of sp³-hybridized carbons (Fsp3) is 0.562. The first kappa shape index (κ1) is 14.7. The second-order valence-corrected chi connectivity index (χ2v) is 4.60. The molecule has 1 aromatic carbocycles. The molecule has 0 atom stereocenters. The van der Waals surface area contributed by atoms with Crippen LogP contribution in [0.4, 0.5) is 0 Å². The molecule has 0 unspecified atom stereocenters. The van der Waals surface area contributed by atoms with Crippen molar-refractivity contribution in [2.45, 2.75) is 52.4 Å². The van der Waals surface area contributed by atoms with E-state index < -0.39 is 0 Å². The summed E-state index contributed by atoms with van der Waals surface area (Å²) < 4.78 is 5.31. The largest absolute Gasteiger partial charge is 0.462 e. The molecule has 100 valence electrons. The van der Waals surface area contributed by atoms with Gasteiger partial charge in [0.25, 0.3) is 0 Å². The van der Waals surface area contributed by atoms with Gasteiger partial charge in [-0.1, -0.05) is 51.3 Å². The SMILES string of the molecule is CCCCCOC(=O)c1ccccc1CCCC. The molecule has 0 aliphatic heterocycles. The average Bonchev–Trinajstić information content (AvgIpc) is 2.41. The Hall–Kier alpha value is -1.31. The molecule has 0 fully saturated rings. The van der Waals surface area contributed by atoms with Gasteiger partial charge < -0.3 is 4.74 Å². The maximum atomic E-state index is 12.0. The van der Waals surface area contributed by atoms with Gasteiger partial charge in [-0.3, -0.25) is 0 Å². The Morgan fingerprint density at radius 2 is 1.78 bits per heavy atom. The van der Waals surface area contributed by atoms with Crippen molar-refractivity contribution >= 4 is 5.97 Å². The van der Waals surface area contributed by atoms with Gasteiger partial charge in [0, 0.05) is 0 Å². The van der Waals surface area contributed by atoms with Crippen molar-refractivity contribution in [3.8, 4) is 0 Å². The van der Waals surface area contributed by atoms with E-state index in [1.165, 1.54) is 0 Å². The minimum atomic E-state index is -0.169. The van der Waals surface area contributed by atoms with E-state index in [0.29, 0.717) is 6.61 Å². The highest BCUT2D eigenvalue weighted by Gasteiger charge is 2.11. The van der Waals surface area contributed by atoms with Crippen molar-refractivity contribution in [1.82, 2.24) is 0 Å². The molecule has 0 aliphatic rings. The van der Waals surface area contributed by atoms with E-state index >= 15 is 0 Å². The molecule has 0 aliphatic carbocycles.